The van der Waals surface area contributed by atoms with Gasteiger partial charge in [0.05, 0.1) is 29.8 Å². The Morgan fingerprint density at radius 1 is 1.16 bits per heavy atom. The van der Waals surface area contributed by atoms with Crippen molar-refractivity contribution in [3.05, 3.63) is 63.6 Å². The molecule has 10 heteroatoms. The van der Waals surface area contributed by atoms with E-state index in [-0.39, 0.29) is 29.6 Å². The van der Waals surface area contributed by atoms with Crippen LogP contribution in [0, 0.1) is 23.2 Å². The van der Waals surface area contributed by atoms with Crippen molar-refractivity contribution in [1.29, 1.82) is 5.26 Å². The van der Waals surface area contributed by atoms with Crippen molar-refractivity contribution in [3.63, 3.8) is 0 Å². The van der Waals surface area contributed by atoms with Crippen molar-refractivity contribution >= 4 is 46.8 Å². The average molecular weight is 541 g/mol. The molecule has 1 aliphatic carbocycles. The van der Waals surface area contributed by atoms with Gasteiger partial charge in [-0.3, -0.25) is 14.5 Å². The lowest BCUT2D eigenvalue weighted by Crippen LogP contribution is -2.53. The van der Waals surface area contributed by atoms with Crippen molar-refractivity contribution < 1.29 is 19.1 Å². The number of hydrogen-bond acceptors (Lipinski definition) is 6. The molecule has 3 fully saturated rings. The van der Waals surface area contributed by atoms with Gasteiger partial charge in [-0.1, -0.05) is 35.3 Å². The quantitative estimate of drug-likeness (QED) is 0.400. The number of halogens is 2. The molecular weight excluding hydrogens is 515 g/mol. The van der Waals surface area contributed by atoms with Crippen LogP contribution in [-0.4, -0.2) is 66.5 Å². The highest BCUT2D eigenvalue weighted by atomic mass is 35.5. The molecule has 3 amide bonds. The number of likely N-dealkylation sites (N-methyl/N-ethyl adjacent to an activating group) is 1. The van der Waals surface area contributed by atoms with Crippen LogP contribution in [-0.2, 0) is 14.3 Å². The number of hydrogen-bond donors (Lipinski definition) is 0. The molecule has 2 heterocycles. The van der Waals surface area contributed by atoms with E-state index in [1.54, 1.807) is 44.3 Å². The molecule has 2 aliphatic heterocycles. The van der Waals surface area contributed by atoms with E-state index in [1.807, 2.05) is 12.1 Å². The Morgan fingerprint density at radius 3 is 2.46 bits per heavy atom. The third-order valence-electron chi connectivity index (χ3n) is 7.68. The highest BCUT2D eigenvalue weighted by Crippen LogP contribution is 2.48. The van der Waals surface area contributed by atoms with Gasteiger partial charge in [0.15, 0.2) is 0 Å². The summed E-state index contributed by atoms with van der Waals surface area (Å²) in [6.45, 7) is 3.59. The average Bonchev–Trinajstić information content (AvgIpc) is 3.48. The van der Waals surface area contributed by atoms with Gasteiger partial charge in [0.2, 0.25) is 0 Å². The van der Waals surface area contributed by atoms with Crippen molar-refractivity contribution in [2.45, 2.75) is 24.8 Å². The first-order valence-corrected chi connectivity index (χ1v) is 12.9. The number of carbonyl (C=O) groups excluding carboxylic acids is 3. The van der Waals surface area contributed by atoms with Crippen LogP contribution in [0.5, 0.6) is 0 Å². The van der Waals surface area contributed by atoms with Crippen LogP contribution in [0.3, 0.4) is 0 Å². The molecule has 0 radical (unpaired) electrons. The smallest absolute Gasteiger partial charge is 0.332 e. The minimum atomic E-state index is -1.17. The number of anilines is 1. The second-order valence-electron chi connectivity index (χ2n) is 9.87. The lowest BCUT2D eigenvalue weighted by atomic mass is 9.80. The Morgan fingerprint density at radius 2 is 1.84 bits per heavy atom. The zero-order valence-corrected chi connectivity index (χ0v) is 22.0. The molecular formula is C27H26Cl2N4O4. The Labute approximate surface area is 225 Å². The third-order valence-corrected chi connectivity index (χ3v) is 8.12. The van der Waals surface area contributed by atoms with Gasteiger partial charge >= 0.3 is 12.0 Å². The monoisotopic (exact) mass is 540 g/mol. The maximum Gasteiger partial charge on any atom is 0.332 e. The van der Waals surface area contributed by atoms with E-state index in [0.29, 0.717) is 47.5 Å². The summed E-state index contributed by atoms with van der Waals surface area (Å²) < 4.78 is 5.18. The molecule has 0 aromatic heterocycles. The number of benzene rings is 2. The van der Waals surface area contributed by atoms with E-state index in [4.69, 9.17) is 27.9 Å². The fourth-order valence-corrected chi connectivity index (χ4v) is 6.27. The van der Waals surface area contributed by atoms with Crippen LogP contribution < -0.4 is 4.90 Å². The fraction of sp³-hybridized carbons (Fsp3) is 0.407. The normalized spacial score (nSPS) is 27.2. The molecule has 0 bridgehead atoms. The van der Waals surface area contributed by atoms with E-state index < -0.39 is 11.6 Å². The summed E-state index contributed by atoms with van der Waals surface area (Å²) in [5, 5.41) is 9.89. The summed E-state index contributed by atoms with van der Waals surface area (Å²) in [4.78, 5) is 44.8. The number of rotatable bonds is 6. The molecule has 0 N–H and O–H groups in total. The second-order valence-corrected chi connectivity index (χ2v) is 10.7. The van der Waals surface area contributed by atoms with Crippen molar-refractivity contribution in [2.75, 3.05) is 38.2 Å². The SMILES string of the molecule is CCOC(=O)C1CC1CN1CC(c2ccc(C#N)cc2)C2(C1)C(=O)N(c1cc(Cl)cc(Cl)c1)C(=O)N2C. The number of nitrogens with zero attached hydrogens (tertiary/aromatic N) is 4. The predicted octanol–water partition coefficient (Wildman–Crippen LogP) is 4.30. The fourth-order valence-electron chi connectivity index (χ4n) is 5.75. The molecule has 8 nitrogen and oxygen atoms in total. The minimum absolute atomic E-state index is 0.131. The molecule has 2 aromatic carbocycles. The summed E-state index contributed by atoms with van der Waals surface area (Å²) in [5.41, 5.74) is 0.519. The lowest BCUT2D eigenvalue weighted by Gasteiger charge is -2.34. The molecule has 3 aliphatic rings. The van der Waals surface area contributed by atoms with Crippen LogP contribution in [0.15, 0.2) is 42.5 Å². The second kappa shape index (κ2) is 9.64. The van der Waals surface area contributed by atoms with Crippen molar-refractivity contribution in [1.82, 2.24) is 9.80 Å². The third kappa shape index (κ3) is 4.35. The predicted molar refractivity (Wildman–Crippen MR) is 138 cm³/mol. The summed E-state index contributed by atoms with van der Waals surface area (Å²) in [6.07, 6.45) is 0.750. The highest BCUT2D eigenvalue weighted by molar-refractivity contribution is 6.35. The number of amides is 3. The largest absolute Gasteiger partial charge is 0.466 e. The number of nitriles is 1. The summed E-state index contributed by atoms with van der Waals surface area (Å²) in [6, 6.07) is 13.4. The molecule has 1 spiro atoms. The highest BCUT2D eigenvalue weighted by Gasteiger charge is 2.64. The van der Waals surface area contributed by atoms with Gasteiger partial charge in [-0.25, -0.2) is 9.69 Å². The van der Waals surface area contributed by atoms with Crippen molar-refractivity contribution in [3.8, 4) is 6.07 Å². The van der Waals surface area contributed by atoms with E-state index >= 15 is 0 Å². The van der Waals surface area contributed by atoms with E-state index in [2.05, 4.69) is 11.0 Å². The van der Waals surface area contributed by atoms with Gasteiger partial charge < -0.3 is 9.64 Å². The first-order chi connectivity index (χ1) is 17.7. The van der Waals surface area contributed by atoms with Gasteiger partial charge in [-0.2, -0.15) is 5.26 Å². The van der Waals surface area contributed by atoms with E-state index in [0.717, 1.165) is 16.9 Å². The van der Waals surface area contributed by atoms with Crippen LogP contribution in [0.2, 0.25) is 10.0 Å². The first kappa shape index (κ1) is 25.5. The maximum atomic E-state index is 14.2. The topological polar surface area (TPSA) is 94.0 Å². The van der Waals surface area contributed by atoms with Crippen LogP contribution in [0.1, 0.15) is 30.4 Å². The Bertz CT molecular complexity index is 1290. The number of ether oxygens (including phenoxy) is 1. The number of carbonyl (C=O) groups is 3. The van der Waals surface area contributed by atoms with Gasteiger partial charge in [-0.15, -0.1) is 0 Å². The van der Waals surface area contributed by atoms with Crippen molar-refractivity contribution in [2.24, 2.45) is 11.8 Å². The van der Waals surface area contributed by atoms with Gasteiger partial charge in [0.25, 0.3) is 5.91 Å². The van der Waals surface area contributed by atoms with Crippen LogP contribution in [0.25, 0.3) is 0 Å². The van der Waals surface area contributed by atoms with Crippen LogP contribution >= 0.6 is 23.2 Å². The molecule has 37 heavy (non-hydrogen) atoms. The lowest BCUT2D eigenvalue weighted by molar-refractivity contribution is -0.145. The molecule has 1 saturated carbocycles. The number of urea groups is 1. The van der Waals surface area contributed by atoms with Gasteiger partial charge in [-0.05, 0) is 55.2 Å². The molecule has 2 aromatic rings. The van der Waals surface area contributed by atoms with Gasteiger partial charge in [0, 0.05) is 42.6 Å². The summed E-state index contributed by atoms with van der Waals surface area (Å²) >= 11 is 12.4. The molecule has 4 atom stereocenters. The van der Waals surface area contributed by atoms with E-state index in [9.17, 15) is 19.6 Å². The zero-order chi connectivity index (χ0) is 26.5. The number of esters is 1. The molecule has 4 unspecified atom stereocenters. The molecule has 2 saturated heterocycles. The summed E-state index contributed by atoms with van der Waals surface area (Å²) in [5.74, 6) is -0.864. The zero-order valence-electron chi connectivity index (χ0n) is 20.5. The van der Waals surface area contributed by atoms with E-state index in [1.165, 1.54) is 4.90 Å². The molecule has 192 valence electrons. The van der Waals surface area contributed by atoms with Crippen LogP contribution in [0.4, 0.5) is 10.5 Å². The Kier molecular flexibility index (Phi) is 6.65. The minimum Gasteiger partial charge on any atom is -0.466 e. The number of imide groups is 1. The number of likely N-dealkylation sites (tertiary alicyclic amines) is 1. The maximum absolute atomic E-state index is 14.2. The summed E-state index contributed by atoms with van der Waals surface area (Å²) in [7, 11) is 1.64. The standard InChI is InChI=1S/C27H26Cl2N4O4/c1-3-37-24(34)22-8-18(22)13-32-14-23(17-6-4-16(12-30)5-7-17)27(15-32)25(35)33(26(36)31(27)2)21-10-19(28)9-20(29)11-21/h4-7,9-11,18,22-23H,3,8,13-15H2,1-2H3. The Hall–Kier alpha value is -3.12. The van der Waals surface area contributed by atoms with Gasteiger partial charge in [0.1, 0.15) is 5.54 Å². The molecule has 5 rings (SSSR count). The first-order valence-electron chi connectivity index (χ1n) is 12.2. The Balaban J connectivity index is 1.50.